The number of terminal acetylenes is 1. The highest BCUT2D eigenvalue weighted by Crippen LogP contribution is 2.29. The van der Waals surface area contributed by atoms with E-state index in [0.717, 1.165) is 11.1 Å². The number of rotatable bonds is 4. The van der Waals surface area contributed by atoms with Gasteiger partial charge < -0.3 is 5.11 Å². The molecule has 0 bridgehead atoms. The van der Waals surface area contributed by atoms with Gasteiger partial charge in [0.05, 0.1) is 5.69 Å². The second-order valence-corrected chi connectivity index (χ2v) is 5.23. The number of hydrogen-bond donors (Lipinski definition) is 1. The third-order valence-corrected chi connectivity index (χ3v) is 3.61. The number of benzene rings is 2. The number of aromatic nitrogens is 2. The summed E-state index contributed by atoms with van der Waals surface area (Å²) in [7, 11) is 0. The molecule has 0 unspecified atom stereocenters. The van der Waals surface area contributed by atoms with E-state index in [1.807, 2.05) is 24.3 Å². The summed E-state index contributed by atoms with van der Waals surface area (Å²) in [5.41, 5.74) is 12.0. The van der Waals surface area contributed by atoms with Crippen molar-refractivity contribution in [1.29, 1.82) is 0 Å². The average Bonchev–Trinajstić information content (AvgIpc) is 2.62. The van der Waals surface area contributed by atoms with Crippen LogP contribution in [0.4, 0.5) is 5.69 Å². The van der Waals surface area contributed by atoms with E-state index < -0.39 is 0 Å². The second-order valence-electron chi connectivity index (χ2n) is 5.23. The summed E-state index contributed by atoms with van der Waals surface area (Å²) in [6.45, 7) is 0. The molecule has 0 aliphatic heterocycles. The molecule has 2 aromatic carbocycles. The van der Waals surface area contributed by atoms with Crippen LogP contribution in [0, 0.1) is 12.3 Å². The van der Waals surface area contributed by atoms with Crippen molar-refractivity contribution in [3.63, 3.8) is 0 Å². The monoisotopic (exact) mass is 327 g/mol. The van der Waals surface area contributed by atoms with Gasteiger partial charge in [0, 0.05) is 34.2 Å². The van der Waals surface area contributed by atoms with Crippen LogP contribution >= 0.6 is 0 Å². The Morgan fingerprint density at radius 2 is 1.88 bits per heavy atom. The molecule has 0 aliphatic rings. The van der Waals surface area contributed by atoms with Crippen LogP contribution in [0.15, 0.2) is 59.7 Å². The van der Waals surface area contributed by atoms with Gasteiger partial charge in [0.15, 0.2) is 5.82 Å². The lowest BCUT2D eigenvalue weighted by Gasteiger charge is -2.08. The Hall–Kier alpha value is -3.81. The molecular formula is C19H13N5O. The average molecular weight is 327 g/mol. The molecule has 0 spiro atoms. The predicted molar refractivity (Wildman–Crippen MR) is 95.1 cm³/mol. The molecule has 25 heavy (non-hydrogen) atoms. The lowest BCUT2D eigenvalue weighted by molar-refractivity contribution is 0.452. The van der Waals surface area contributed by atoms with Crippen LogP contribution in [0.25, 0.3) is 21.8 Å². The molecular weight excluding hydrogens is 314 g/mol. The van der Waals surface area contributed by atoms with E-state index in [1.54, 1.807) is 24.3 Å². The Kier molecular flexibility index (Phi) is 4.61. The normalized spacial score (nSPS) is 9.88. The second kappa shape index (κ2) is 7.18. The minimum absolute atomic E-state index is 0.158. The van der Waals surface area contributed by atoms with Crippen molar-refractivity contribution in [1.82, 2.24) is 9.97 Å². The van der Waals surface area contributed by atoms with E-state index in [-0.39, 0.29) is 11.7 Å². The Morgan fingerprint density at radius 1 is 1.12 bits per heavy atom. The van der Waals surface area contributed by atoms with Crippen molar-refractivity contribution in [3.8, 4) is 29.6 Å². The number of azide groups is 1. The lowest BCUT2D eigenvalue weighted by Crippen LogP contribution is -1.99. The summed E-state index contributed by atoms with van der Waals surface area (Å²) >= 11 is 0. The topological polar surface area (TPSA) is 94.8 Å². The van der Waals surface area contributed by atoms with Crippen molar-refractivity contribution >= 4 is 5.69 Å². The van der Waals surface area contributed by atoms with Crippen LogP contribution in [0.2, 0.25) is 0 Å². The zero-order valence-corrected chi connectivity index (χ0v) is 13.2. The lowest BCUT2D eigenvalue weighted by atomic mass is 10.0. The standard InChI is InChI=1S/C19H13N5O/c1-2-13-7-3-4-8-14(13)11-15-12-18(25)22-19(21-15)16-9-5-6-10-17(16)23-24-20/h1,3-10,12H,11H2,(H,21,22,25). The third-order valence-electron chi connectivity index (χ3n) is 3.61. The first-order valence-electron chi connectivity index (χ1n) is 7.47. The highest BCUT2D eigenvalue weighted by Gasteiger charge is 2.11. The quantitative estimate of drug-likeness (QED) is 0.334. The molecule has 6 nitrogen and oxygen atoms in total. The minimum atomic E-state index is -0.158. The molecule has 1 N–H and O–H groups in total. The first-order chi connectivity index (χ1) is 12.2. The number of hydrogen-bond acceptors (Lipinski definition) is 4. The van der Waals surface area contributed by atoms with Crippen LogP contribution in [-0.4, -0.2) is 15.1 Å². The van der Waals surface area contributed by atoms with Gasteiger partial charge in [-0.2, -0.15) is 4.98 Å². The molecule has 1 heterocycles. The summed E-state index contributed by atoms with van der Waals surface area (Å²) < 4.78 is 0. The summed E-state index contributed by atoms with van der Waals surface area (Å²) in [6, 6.07) is 16.0. The fourth-order valence-corrected chi connectivity index (χ4v) is 2.50. The van der Waals surface area contributed by atoms with Gasteiger partial charge in [0.1, 0.15) is 0 Å². The summed E-state index contributed by atoms with van der Waals surface area (Å²) in [4.78, 5) is 11.4. The molecule has 3 aromatic rings. The highest BCUT2D eigenvalue weighted by molar-refractivity contribution is 5.71. The molecule has 0 saturated heterocycles. The Bertz CT molecular complexity index is 1020. The third kappa shape index (κ3) is 3.58. The smallest absolute Gasteiger partial charge is 0.214 e. The van der Waals surface area contributed by atoms with E-state index in [1.165, 1.54) is 6.07 Å². The Morgan fingerprint density at radius 3 is 2.68 bits per heavy atom. The van der Waals surface area contributed by atoms with Crippen LogP contribution in [0.3, 0.4) is 0 Å². The molecule has 0 amide bonds. The fourth-order valence-electron chi connectivity index (χ4n) is 2.50. The maximum absolute atomic E-state index is 9.99. The van der Waals surface area contributed by atoms with E-state index in [2.05, 4.69) is 25.9 Å². The summed E-state index contributed by atoms with van der Waals surface area (Å²) in [5, 5.41) is 13.6. The first-order valence-corrected chi connectivity index (χ1v) is 7.47. The zero-order valence-electron chi connectivity index (χ0n) is 13.2. The van der Waals surface area contributed by atoms with Gasteiger partial charge in [-0.1, -0.05) is 53.5 Å². The molecule has 0 atom stereocenters. The van der Waals surface area contributed by atoms with E-state index in [4.69, 9.17) is 12.0 Å². The largest absolute Gasteiger partial charge is 0.493 e. The van der Waals surface area contributed by atoms with Gasteiger partial charge in [-0.05, 0) is 17.2 Å². The maximum Gasteiger partial charge on any atom is 0.214 e. The predicted octanol–water partition coefficient (Wildman–Crippen LogP) is 4.36. The zero-order chi connectivity index (χ0) is 17.6. The van der Waals surface area contributed by atoms with Gasteiger partial charge in [-0.25, -0.2) is 4.98 Å². The molecule has 0 radical (unpaired) electrons. The molecule has 1 aromatic heterocycles. The van der Waals surface area contributed by atoms with Gasteiger partial charge >= 0.3 is 0 Å². The van der Waals surface area contributed by atoms with Gasteiger partial charge in [0.2, 0.25) is 5.88 Å². The van der Waals surface area contributed by atoms with E-state index >= 15 is 0 Å². The van der Waals surface area contributed by atoms with Crippen molar-refractivity contribution in [3.05, 3.63) is 81.9 Å². The van der Waals surface area contributed by atoms with Crippen LogP contribution < -0.4 is 0 Å². The summed E-state index contributed by atoms with van der Waals surface area (Å²) in [5.74, 6) is 2.77. The van der Waals surface area contributed by atoms with Crippen molar-refractivity contribution < 1.29 is 5.11 Å². The number of nitrogens with zero attached hydrogens (tertiary/aromatic N) is 5. The van der Waals surface area contributed by atoms with Gasteiger partial charge in [0.25, 0.3) is 0 Å². The highest BCUT2D eigenvalue weighted by atomic mass is 16.3. The Labute approximate surface area is 144 Å². The molecule has 120 valence electrons. The van der Waals surface area contributed by atoms with Crippen LogP contribution in [0.1, 0.15) is 16.8 Å². The molecule has 0 aliphatic carbocycles. The van der Waals surface area contributed by atoms with Crippen LogP contribution in [-0.2, 0) is 6.42 Å². The van der Waals surface area contributed by atoms with E-state index in [0.29, 0.717) is 23.4 Å². The fraction of sp³-hybridized carbons (Fsp3) is 0.0526. The maximum atomic E-state index is 9.99. The first kappa shape index (κ1) is 16.1. The van der Waals surface area contributed by atoms with Crippen molar-refractivity contribution in [2.24, 2.45) is 5.11 Å². The molecule has 0 fully saturated rings. The Balaban J connectivity index is 2.05. The van der Waals surface area contributed by atoms with Crippen molar-refractivity contribution in [2.75, 3.05) is 0 Å². The summed E-state index contributed by atoms with van der Waals surface area (Å²) in [6.07, 6.45) is 5.98. The van der Waals surface area contributed by atoms with Gasteiger partial charge in [-0.3, -0.25) is 0 Å². The SMILES string of the molecule is C#Cc1ccccc1Cc1cc(O)nc(-c2ccccc2N=[N+]=[N-])n1. The molecule has 3 rings (SSSR count). The minimum Gasteiger partial charge on any atom is -0.493 e. The molecule has 0 saturated carbocycles. The number of aromatic hydroxyl groups is 1. The van der Waals surface area contributed by atoms with Gasteiger partial charge in [-0.15, -0.1) is 6.42 Å². The van der Waals surface area contributed by atoms with Crippen molar-refractivity contribution in [2.45, 2.75) is 6.42 Å². The van der Waals surface area contributed by atoms with Crippen LogP contribution in [0.5, 0.6) is 5.88 Å². The van der Waals surface area contributed by atoms with E-state index in [9.17, 15) is 5.11 Å². The molecule has 6 heteroatoms.